The van der Waals surface area contributed by atoms with Gasteiger partial charge in [0.15, 0.2) is 0 Å². The Bertz CT molecular complexity index is 581. The van der Waals surface area contributed by atoms with Crippen LogP contribution < -0.4 is 10.6 Å². The predicted octanol–water partition coefficient (Wildman–Crippen LogP) is -0.308. The van der Waals surface area contributed by atoms with E-state index >= 15 is 0 Å². The Kier molecular flexibility index (Phi) is 4.23. The Morgan fingerprint density at radius 2 is 1.92 bits per heavy atom. The fraction of sp³-hybridized carbons (Fsp3) is 0.750. The number of rotatable bonds is 3. The first-order valence-corrected chi connectivity index (χ1v) is 8.51. The van der Waals surface area contributed by atoms with E-state index in [9.17, 15) is 19.2 Å². The Hall–Kier alpha value is -2.12. The Morgan fingerprint density at radius 3 is 2.46 bits per heavy atom. The summed E-state index contributed by atoms with van der Waals surface area (Å²) in [5.41, 5.74) is -0.872. The minimum Gasteiger partial charge on any atom is -0.342 e. The van der Waals surface area contributed by atoms with Crippen LogP contribution in [0, 0.1) is 11.8 Å². The lowest BCUT2D eigenvalue weighted by Gasteiger charge is -2.37. The van der Waals surface area contributed by atoms with Crippen molar-refractivity contribution in [2.24, 2.45) is 11.8 Å². The van der Waals surface area contributed by atoms with Gasteiger partial charge in [-0.1, -0.05) is 13.8 Å². The molecule has 3 aliphatic rings. The molecule has 0 unspecified atom stereocenters. The Balaban J connectivity index is 1.57. The van der Waals surface area contributed by atoms with Gasteiger partial charge in [0.2, 0.25) is 11.8 Å². The summed E-state index contributed by atoms with van der Waals surface area (Å²) in [6.45, 7) is 6.09. The molecule has 0 aromatic heterocycles. The third kappa shape index (κ3) is 2.97. The zero-order valence-electron chi connectivity index (χ0n) is 14.1. The standard InChI is InChI=1S/C16H24N4O4/c1-10(2)8-20-9-11(7-12(20)21)13(22)19-5-3-16(4-6-19)14(23)17-15(24)18-16/h10-11H,3-9H2,1-2H3,(H2,17,18,23,24)/t11-/m0/s1. The van der Waals surface area contributed by atoms with E-state index in [1.54, 1.807) is 9.80 Å². The smallest absolute Gasteiger partial charge is 0.322 e. The van der Waals surface area contributed by atoms with Crippen molar-refractivity contribution in [2.45, 2.75) is 38.6 Å². The van der Waals surface area contributed by atoms with Crippen molar-refractivity contribution in [2.75, 3.05) is 26.2 Å². The van der Waals surface area contributed by atoms with Crippen LogP contribution in [0.5, 0.6) is 0 Å². The van der Waals surface area contributed by atoms with Crippen LogP contribution >= 0.6 is 0 Å². The van der Waals surface area contributed by atoms with Gasteiger partial charge in [-0.25, -0.2) is 4.79 Å². The van der Waals surface area contributed by atoms with Crippen molar-refractivity contribution in [3.63, 3.8) is 0 Å². The van der Waals surface area contributed by atoms with E-state index in [4.69, 9.17) is 0 Å². The van der Waals surface area contributed by atoms with Crippen LogP contribution in [0.4, 0.5) is 4.79 Å². The van der Waals surface area contributed by atoms with Crippen molar-refractivity contribution in [3.8, 4) is 0 Å². The number of hydrogen-bond donors (Lipinski definition) is 2. The second kappa shape index (κ2) is 6.07. The first-order valence-electron chi connectivity index (χ1n) is 8.51. The van der Waals surface area contributed by atoms with E-state index in [0.717, 1.165) is 0 Å². The van der Waals surface area contributed by atoms with E-state index in [2.05, 4.69) is 10.6 Å². The van der Waals surface area contributed by atoms with Gasteiger partial charge in [-0.15, -0.1) is 0 Å². The van der Waals surface area contributed by atoms with Gasteiger partial charge < -0.3 is 15.1 Å². The van der Waals surface area contributed by atoms with Gasteiger partial charge in [-0.2, -0.15) is 0 Å². The quantitative estimate of drug-likeness (QED) is 0.691. The number of amides is 5. The highest BCUT2D eigenvalue weighted by Gasteiger charge is 2.49. The molecule has 8 heteroatoms. The maximum Gasteiger partial charge on any atom is 0.322 e. The number of nitrogens with zero attached hydrogens (tertiary/aromatic N) is 2. The molecular formula is C16H24N4O4. The van der Waals surface area contributed by atoms with Crippen LogP contribution in [-0.2, 0) is 14.4 Å². The number of urea groups is 1. The molecule has 3 heterocycles. The van der Waals surface area contributed by atoms with Crippen molar-refractivity contribution >= 4 is 23.8 Å². The normalized spacial score (nSPS) is 26.3. The number of imide groups is 1. The fourth-order valence-electron chi connectivity index (χ4n) is 3.80. The van der Waals surface area contributed by atoms with Crippen LogP contribution in [0.3, 0.4) is 0 Å². The lowest BCUT2D eigenvalue weighted by Crippen LogP contribution is -2.56. The molecule has 8 nitrogen and oxygen atoms in total. The maximum absolute atomic E-state index is 12.7. The summed E-state index contributed by atoms with van der Waals surface area (Å²) in [5, 5.41) is 4.95. The molecule has 3 aliphatic heterocycles. The third-order valence-electron chi connectivity index (χ3n) is 5.09. The van der Waals surface area contributed by atoms with Gasteiger partial charge in [-0.3, -0.25) is 19.7 Å². The third-order valence-corrected chi connectivity index (χ3v) is 5.09. The van der Waals surface area contributed by atoms with Crippen molar-refractivity contribution in [3.05, 3.63) is 0 Å². The summed E-state index contributed by atoms with van der Waals surface area (Å²) >= 11 is 0. The first-order chi connectivity index (χ1) is 11.3. The predicted molar refractivity (Wildman–Crippen MR) is 84.7 cm³/mol. The SMILES string of the molecule is CC(C)CN1C[C@@H](C(=O)N2CCC3(CC2)NC(=O)NC3=O)CC1=O. The minimum absolute atomic E-state index is 0.0193. The van der Waals surface area contributed by atoms with E-state index < -0.39 is 11.6 Å². The maximum atomic E-state index is 12.7. The van der Waals surface area contributed by atoms with Crippen molar-refractivity contribution in [1.29, 1.82) is 0 Å². The lowest BCUT2D eigenvalue weighted by molar-refractivity contribution is -0.139. The van der Waals surface area contributed by atoms with Crippen LogP contribution in [-0.4, -0.2) is 65.3 Å². The van der Waals surface area contributed by atoms with Crippen molar-refractivity contribution in [1.82, 2.24) is 20.4 Å². The summed E-state index contributed by atoms with van der Waals surface area (Å²) in [5.74, 6) is -0.203. The number of carbonyl (C=O) groups is 4. The first kappa shape index (κ1) is 16.7. The number of likely N-dealkylation sites (tertiary alicyclic amines) is 2. The molecule has 24 heavy (non-hydrogen) atoms. The molecule has 1 spiro atoms. The Labute approximate surface area is 140 Å². The monoisotopic (exact) mass is 336 g/mol. The number of nitrogens with one attached hydrogen (secondary N) is 2. The topological polar surface area (TPSA) is 98.8 Å². The molecule has 0 aliphatic carbocycles. The lowest BCUT2D eigenvalue weighted by atomic mass is 9.87. The summed E-state index contributed by atoms with van der Waals surface area (Å²) in [7, 11) is 0. The zero-order valence-corrected chi connectivity index (χ0v) is 14.1. The zero-order chi connectivity index (χ0) is 17.5. The highest BCUT2D eigenvalue weighted by Crippen LogP contribution is 2.28. The fourth-order valence-corrected chi connectivity index (χ4v) is 3.80. The number of piperidine rings is 1. The summed E-state index contributed by atoms with van der Waals surface area (Å²) in [4.78, 5) is 51.5. The molecule has 132 valence electrons. The second-order valence-corrected chi connectivity index (χ2v) is 7.41. The summed E-state index contributed by atoms with van der Waals surface area (Å²) in [6.07, 6.45) is 1.09. The van der Waals surface area contributed by atoms with Gasteiger partial charge in [0.05, 0.1) is 5.92 Å². The molecule has 2 N–H and O–H groups in total. The average Bonchev–Trinajstić information content (AvgIpc) is 2.99. The largest absolute Gasteiger partial charge is 0.342 e. The van der Waals surface area contributed by atoms with E-state index in [0.29, 0.717) is 44.9 Å². The van der Waals surface area contributed by atoms with Crippen LogP contribution in [0.15, 0.2) is 0 Å². The molecule has 0 saturated carbocycles. The van der Waals surface area contributed by atoms with Gasteiger partial charge in [-0.05, 0) is 18.8 Å². The molecule has 3 rings (SSSR count). The highest BCUT2D eigenvalue weighted by atomic mass is 16.2. The van der Waals surface area contributed by atoms with E-state index in [1.807, 2.05) is 13.8 Å². The molecule has 3 saturated heterocycles. The molecule has 1 atom stereocenters. The highest BCUT2D eigenvalue weighted by molar-refractivity contribution is 6.07. The van der Waals surface area contributed by atoms with Gasteiger partial charge >= 0.3 is 6.03 Å². The summed E-state index contributed by atoms with van der Waals surface area (Å²) < 4.78 is 0. The molecule has 0 bridgehead atoms. The molecule has 0 radical (unpaired) electrons. The number of hydrogen-bond acceptors (Lipinski definition) is 4. The summed E-state index contributed by atoms with van der Waals surface area (Å²) in [6, 6.07) is -0.467. The molecule has 5 amide bonds. The second-order valence-electron chi connectivity index (χ2n) is 7.41. The van der Waals surface area contributed by atoms with Crippen molar-refractivity contribution < 1.29 is 19.2 Å². The van der Waals surface area contributed by atoms with Gasteiger partial charge in [0.1, 0.15) is 5.54 Å². The Morgan fingerprint density at radius 1 is 1.25 bits per heavy atom. The van der Waals surface area contributed by atoms with Crippen LogP contribution in [0.25, 0.3) is 0 Å². The van der Waals surface area contributed by atoms with Gasteiger partial charge in [0.25, 0.3) is 5.91 Å². The molecule has 0 aromatic rings. The number of carbonyl (C=O) groups excluding carboxylic acids is 4. The van der Waals surface area contributed by atoms with Gasteiger partial charge in [0, 0.05) is 32.6 Å². The average molecular weight is 336 g/mol. The minimum atomic E-state index is -0.872. The molecule has 0 aromatic carbocycles. The van der Waals surface area contributed by atoms with E-state index in [-0.39, 0.29) is 30.1 Å². The van der Waals surface area contributed by atoms with Crippen LogP contribution in [0.1, 0.15) is 33.1 Å². The van der Waals surface area contributed by atoms with E-state index in [1.165, 1.54) is 0 Å². The molecule has 3 fully saturated rings. The van der Waals surface area contributed by atoms with Crippen LogP contribution in [0.2, 0.25) is 0 Å². The molecular weight excluding hydrogens is 312 g/mol.